The third-order valence-electron chi connectivity index (χ3n) is 4.60. The average Bonchev–Trinajstić information content (AvgIpc) is 2.86. The second-order valence-corrected chi connectivity index (χ2v) is 6.44. The zero-order valence-corrected chi connectivity index (χ0v) is 15.3. The van der Waals surface area contributed by atoms with E-state index in [-0.39, 0.29) is 23.6 Å². The fourth-order valence-electron chi connectivity index (χ4n) is 3.11. The molecule has 29 heavy (non-hydrogen) atoms. The number of hydrogen-bond acceptors (Lipinski definition) is 5. The number of fused-ring (bicyclic) bond motifs is 2. The first-order valence-corrected chi connectivity index (χ1v) is 8.71. The van der Waals surface area contributed by atoms with Gasteiger partial charge in [0.25, 0.3) is 0 Å². The Labute approximate surface area is 164 Å². The number of ketones is 1. The van der Waals surface area contributed by atoms with Crippen LogP contribution in [0.5, 0.6) is 5.75 Å². The quantitative estimate of drug-likeness (QED) is 0.656. The summed E-state index contributed by atoms with van der Waals surface area (Å²) in [6.07, 6.45) is 0. The minimum atomic E-state index is -0.736. The number of ether oxygens (including phenoxy) is 2. The van der Waals surface area contributed by atoms with Crippen molar-refractivity contribution in [1.82, 2.24) is 0 Å². The van der Waals surface area contributed by atoms with Gasteiger partial charge in [0, 0.05) is 28.9 Å². The predicted octanol–water partition coefficient (Wildman–Crippen LogP) is 4.62. The van der Waals surface area contributed by atoms with Crippen molar-refractivity contribution in [2.75, 3.05) is 12.4 Å². The summed E-state index contributed by atoms with van der Waals surface area (Å²) in [5.41, 5.74) is 2.15. The number of methoxy groups -OCH3 is 1. The number of rotatable bonds is 3. The molecule has 0 saturated heterocycles. The SMILES string of the molecule is COC(=O)c1ccc2c(c1)C(=O)c1ccc(Nc3ccc(F)cc3F)cc1OC2. The number of carbonyl (C=O) groups excluding carboxylic acids is 2. The number of carbonyl (C=O) groups is 2. The molecule has 0 atom stereocenters. The van der Waals surface area contributed by atoms with E-state index in [1.165, 1.54) is 19.2 Å². The normalized spacial score (nSPS) is 12.3. The van der Waals surface area contributed by atoms with E-state index in [0.29, 0.717) is 28.1 Å². The van der Waals surface area contributed by atoms with E-state index < -0.39 is 17.6 Å². The van der Waals surface area contributed by atoms with Gasteiger partial charge in [-0.2, -0.15) is 0 Å². The van der Waals surface area contributed by atoms with Gasteiger partial charge in [0.2, 0.25) is 0 Å². The third-order valence-corrected chi connectivity index (χ3v) is 4.60. The molecule has 0 spiro atoms. The van der Waals surface area contributed by atoms with Crippen LogP contribution in [-0.4, -0.2) is 18.9 Å². The smallest absolute Gasteiger partial charge is 0.337 e. The Morgan fingerprint density at radius 2 is 1.86 bits per heavy atom. The number of nitrogens with one attached hydrogen (secondary N) is 1. The molecule has 1 heterocycles. The summed E-state index contributed by atoms with van der Waals surface area (Å²) < 4.78 is 37.4. The van der Waals surface area contributed by atoms with Crippen LogP contribution in [0.2, 0.25) is 0 Å². The van der Waals surface area contributed by atoms with E-state index in [9.17, 15) is 18.4 Å². The Balaban J connectivity index is 1.67. The van der Waals surface area contributed by atoms with E-state index in [2.05, 4.69) is 5.32 Å². The molecule has 0 radical (unpaired) electrons. The van der Waals surface area contributed by atoms with Gasteiger partial charge in [0.05, 0.1) is 23.9 Å². The molecule has 0 amide bonds. The van der Waals surface area contributed by atoms with Crippen molar-refractivity contribution >= 4 is 23.1 Å². The van der Waals surface area contributed by atoms with Crippen molar-refractivity contribution in [3.05, 3.63) is 88.5 Å². The third kappa shape index (κ3) is 3.54. The Hall–Kier alpha value is -3.74. The molecule has 0 aromatic heterocycles. The maximum absolute atomic E-state index is 13.9. The van der Waals surface area contributed by atoms with Crippen molar-refractivity contribution in [1.29, 1.82) is 0 Å². The van der Waals surface area contributed by atoms with Gasteiger partial charge < -0.3 is 14.8 Å². The fraction of sp³-hybridized carbons (Fsp3) is 0.0909. The standard InChI is InChI=1S/C22H15F2NO4/c1-28-22(27)12-2-3-13-11-29-20-10-15(5-6-16(20)21(26)17(13)8-12)25-19-7-4-14(23)9-18(19)24/h2-10,25H,11H2,1H3. The van der Waals surface area contributed by atoms with E-state index >= 15 is 0 Å². The van der Waals surface area contributed by atoms with Crippen LogP contribution >= 0.6 is 0 Å². The van der Waals surface area contributed by atoms with Crippen LogP contribution in [0, 0.1) is 11.6 Å². The average molecular weight is 395 g/mol. The molecular formula is C22H15F2NO4. The first kappa shape index (κ1) is 18.6. The van der Waals surface area contributed by atoms with Gasteiger partial charge >= 0.3 is 5.97 Å². The number of hydrogen-bond donors (Lipinski definition) is 1. The van der Waals surface area contributed by atoms with Crippen LogP contribution in [0.15, 0.2) is 54.6 Å². The maximum Gasteiger partial charge on any atom is 0.337 e. The summed E-state index contributed by atoms with van der Waals surface area (Å²) in [7, 11) is 1.27. The molecule has 0 saturated carbocycles. The van der Waals surface area contributed by atoms with Crippen LogP contribution in [0.25, 0.3) is 0 Å². The summed E-state index contributed by atoms with van der Waals surface area (Å²) in [6, 6.07) is 12.6. The maximum atomic E-state index is 13.9. The summed E-state index contributed by atoms with van der Waals surface area (Å²) >= 11 is 0. The van der Waals surface area contributed by atoms with Gasteiger partial charge in [0.15, 0.2) is 5.78 Å². The highest BCUT2D eigenvalue weighted by Gasteiger charge is 2.24. The second-order valence-electron chi connectivity index (χ2n) is 6.44. The number of esters is 1. The molecule has 1 N–H and O–H groups in total. The van der Waals surface area contributed by atoms with Gasteiger partial charge in [-0.15, -0.1) is 0 Å². The number of benzene rings is 3. The zero-order chi connectivity index (χ0) is 20.5. The highest BCUT2D eigenvalue weighted by atomic mass is 19.1. The van der Waals surface area contributed by atoms with Crippen molar-refractivity contribution in [3.63, 3.8) is 0 Å². The lowest BCUT2D eigenvalue weighted by atomic mass is 9.97. The van der Waals surface area contributed by atoms with E-state index in [1.807, 2.05) is 0 Å². The zero-order valence-electron chi connectivity index (χ0n) is 15.3. The molecule has 0 fully saturated rings. The van der Waals surface area contributed by atoms with Crippen LogP contribution in [-0.2, 0) is 11.3 Å². The molecule has 0 unspecified atom stereocenters. The minimum absolute atomic E-state index is 0.0947. The first-order chi connectivity index (χ1) is 14.0. The summed E-state index contributed by atoms with van der Waals surface area (Å²) in [5, 5.41) is 2.84. The molecule has 3 aromatic rings. The molecule has 4 rings (SSSR count). The largest absolute Gasteiger partial charge is 0.488 e. The molecule has 0 aliphatic carbocycles. The lowest BCUT2D eigenvalue weighted by molar-refractivity contribution is 0.0600. The number of anilines is 2. The Bertz CT molecular complexity index is 1140. The Morgan fingerprint density at radius 3 is 2.62 bits per heavy atom. The van der Waals surface area contributed by atoms with Gasteiger partial charge in [-0.1, -0.05) is 6.07 Å². The highest BCUT2D eigenvalue weighted by molar-refractivity contribution is 6.13. The monoisotopic (exact) mass is 395 g/mol. The van der Waals surface area contributed by atoms with Crippen LogP contribution in [0.4, 0.5) is 20.2 Å². The van der Waals surface area contributed by atoms with Crippen molar-refractivity contribution in [3.8, 4) is 5.75 Å². The van der Waals surface area contributed by atoms with Gasteiger partial charge in [-0.05, 0) is 36.4 Å². The van der Waals surface area contributed by atoms with E-state index in [0.717, 1.165) is 12.1 Å². The Morgan fingerprint density at radius 1 is 1.03 bits per heavy atom. The second kappa shape index (κ2) is 7.35. The summed E-state index contributed by atoms with van der Waals surface area (Å²) in [5.74, 6) is -1.92. The minimum Gasteiger partial charge on any atom is -0.488 e. The van der Waals surface area contributed by atoms with E-state index in [1.54, 1.807) is 30.3 Å². The molecule has 7 heteroatoms. The van der Waals surface area contributed by atoms with Crippen LogP contribution in [0.3, 0.4) is 0 Å². The fourth-order valence-corrected chi connectivity index (χ4v) is 3.11. The molecule has 0 bridgehead atoms. The van der Waals surface area contributed by atoms with Gasteiger partial charge in [-0.25, -0.2) is 13.6 Å². The molecular weight excluding hydrogens is 380 g/mol. The lowest BCUT2D eigenvalue weighted by Crippen LogP contribution is -2.07. The van der Waals surface area contributed by atoms with Crippen molar-refractivity contribution in [2.24, 2.45) is 0 Å². The molecule has 3 aromatic carbocycles. The summed E-state index contributed by atoms with van der Waals surface area (Å²) in [4.78, 5) is 24.8. The Kier molecular flexibility index (Phi) is 4.72. The summed E-state index contributed by atoms with van der Waals surface area (Å²) in [6.45, 7) is 0.129. The van der Waals surface area contributed by atoms with Crippen LogP contribution in [0.1, 0.15) is 31.8 Å². The topological polar surface area (TPSA) is 64.6 Å². The predicted molar refractivity (Wildman–Crippen MR) is 102 cm³/mol. The van der Waals surface area contributed by atoms with Gasteiger partial charge in [0.1, 0.15) is 24.0 Å². The molecule has 5 nitrogen and oxygen atoms in total. The van der Waals surface area contributed by atoms with Crippen molar-refractivity contribution in [2.45, 2.75) is 6.61 Å². The van der Waals surface area contributed by atoms with E-state index in [4.69, 9.17) is 9.47 Å². The first-order valence-electron chi connectivity index (χ1n) is 8.71. The molecule has 146 valence electrons. The molecule has 1 aliphatic heterocycles. The highest BCUT2D eigenvalue weighted by Crippen LogP contribution is 2.32. The van der Waals surface area contributed by atoms with Gasteiger partial charge in [-0.3, -0.25) is 4.79 Å². The lowest BCUT2D eigenvalue weighted by Gasteiger charge is -2.11. The van der Waals surface area contributed by atoms with Crippen molar-refractivity contribution < 1.29 is 27.8 Å². The van der Waals surface area contributed by atoms with Crippen LogP contribution < -0.4 is 10.1 Å². The number of halogens is 2. The molecule has 1 aliphatic rings.